The van der Waals surface area contributed by atoms with E-state index in [0.29, 0.717) is 0 Å². The maximum atomic E-state index is 11.9. The number of nitrogens with zero attached hydrogens (tertiary/aromatic N) is 1. The van der Waals surface area contributed by atoms with E-state index in [-0.39, 0.29) is 6.04 Å². The number of aliphatic carboxylic acids is 1. The van der Waals surface area contributed by atoms with Gasteiger partial charge in [0.2, 0.25) is 0 Å². The van der Waals surface area contributed by atoms with Crippen LogP contribution in [0.4, 0.5) is 0 Å². The lowest BCUT2D eigenvalue weighted by atomic mass is 9.89. The quantitative estimate of drug-likeness (QED) is 0.872. The largest absolute Gasteiger partial charge is 0.480 e. The number of hydrogen-bond donors (Lipinski definition) is 1. The maximum absolute atomic E-state index is 11.9. The summed E-state index contributed by atoms with van der Waals surface area (Å²) in [5.74, 6) is -0.666. The van der Waals surface area contributed by atoms with Crippen molar-refractivity contribution in [1.82, 2.24) is 4.90 Å². The van der Waals surface area contributed by atoms with Crippen LogP contribution in [0.1, 0.15) is 51.1 Å². The lowest BCUT2D eigenvalue weighted by Gasteiger charge is -2.39. The minimum absolute atomic E-state index is 0.133. The summed E-state index contributed by atoms with van der Waals surface area (Å²) >= 11 is 3.44. The van der Waals surface area contributed by atoms with Crippen molar-refractivity contribution >= 4 is 21.9 Å². The number of hydrogen-bond acceptors (Lipinski definition) is 2. The van der Waals surface area contributed by atoms with Crippen molar-refractivity contribution in [2.24, 2.45) is 0 Å². The zero-order chi connectivity index (χ0) is 14.8. The summed E-state index contributed by atoms with van der Waals surface area (Å²) in [5.41, 5.74) is 0.498. The first-order valence-corrected chi connectivity index (χ1v) is 8.06. The fourth-order valence-corrected chi connectivity index (χ4v) is 3.67. The van der Waals surface area contributed by atoms with Crippen LogP contribution >= 0.6 is 15.9 Å². The fourth-order valence-electron chi connectivity index (χ4n) is 3.40. The van der Waals surface area contributed by atoms with Gasteiger partial charge in [-0.3, -0.25) is 9.69 Å². The normalized spacial score (nSPS) is 24.8. The van der Waals surface area contributed by atoms with Gasteiger partial charge in [-0.1, -0.05) is 41.4 Å². The van der Waals surface area contributed by atoms with Gasteiger partial charge in [0.15, 0.2) is 0 Å². The molecule has 20 heavy (non-hydrogen) atoms. The molecule has 2 atom stereocenters. The molecule has 0 saturated carbocycles. The van der Waals surface area contributed by atoms with E-state index in [4.69, 9.17) is 0 Å². The average molecular weight is 340 g/mol. The Morgan fingerprint density at radius 1 is 1.45 bits per heavy atom. The molecule has 1 aromatic carbocycles. The number of carbonyl (C=O) groups is 1. The molecular weight excluding hydrogens is 318 g/mol. The van der Waals surface area contributed by atoms with Gasteiger partial charge in [-0.15, -0.1) is 0 Å². The molecular formula is C16H22BrNO2. The Balaban J connectivity index is 2.29. The van der Waals surface area contributed by atoms with Gasteiger partial charge in [0.05, 0.1) is 0 Å². The minimum atomic E-state index is -0.679. The zero-order valence-electron chi connectivity index (χ0n) is 12.1. The second kappa shape index (κ2) is 6.27. The highest BCUT2D eigenvalue weighted by atomic mass is 79.9. The summed E-state index contributed by atoms with van der Waals surface area (Å²) in [6, 6.07) is 8.32. The highest BCUT2D eigenvalue weighted by Gasteiger charge is 2.48. The number of rotatable bonds is 5. The summed E-state index contributed by atoms with van der Waals surface area (Å²) in [6.07, 6.45) is 3.35. The Morgan fingerprint density at radius 3 is 2.65 bits per heavy atom. The molecule has 2 unspecified atom stereocenters. The molecule has 0 amide bonds. The van der Waals surface area contributed by atoms with Crippen LogP contribution in [0.5, 0.6) is 0 Å². The first kappa shape index (κ1) is 15.5. The molecule has 0 radical (unpaired) electrons. The van der Waals surface area contributed by atoms with Gasteiger partial charge in [-0.25, -0.2) is 0 Å². The number of carboxylic acids is 1. The molecule has 1 heterocycles. The van der Waals surface area contributed by atoms with Gasteiger partial charge in [0.1, 0.15) is 5.54 Å². The number of benzene rings is 1. The molecule has 1 aromatic rings. The Bertz CT molecular complexity index is 474. The van der Waals surface area contributed by atoms with Gasteiger partial charge >= 0.3 is 5.97 Å². The Hall–Kier alpha value is -0.870. The van der Waals surface area contributed by atoms with Crippen molar-refractivity contribution in [3.63, 3.8) is 0 Å². The lowest BCUT2D eigenvalue weighted by molar-refractivity contribution is -0.151. The molecule has 1 N–H and O–H groups in total. The van der Waals surface area contributed by atoms with E-state index in [1.807, 2.05) is 12.1 Å². The third-order valence-corrected chi connectivity index (χ3v) is 4.95. The molecule has 1 saturated heterocycles. The molecule has 110 valence electrons. The number of halogens is 1. The standard InChI is InChI=1S/C16H22BrNO2/c1-3-9-16(15(19)20)10-4-11-18(16)12(2)13-5-7-14(17)8-6-13/h5-8,12H,3-4,9-11H2,1-2H3,(H,19,20). The molecule has 4 heteroatoms. The molecule has 0 spiro atoms. The fraction of sp³-hybridized carbons (Fsp3) is 0.562. The van der Waals surface area contributed by atoms with E-state index in [0.717, 1.165) is 36.7 Å². The first-order chi connectivity index (χ1) is 9.51. The third-order valence-electron chi connectivity index (χ3n) is 4.42. The van der Waals surface area contributed by atoms with E-state index in [1.165, 1.54) is 5.56 Å². The predicted octanol–water partition coefficient (Wildman–Crippen LogP) is 4.23. The SMILES string of the molecule is CCCC1(C(=O)O)CCCN1C(C)c1ccc(Br)cc1. The monoisotopic (exact) mass is 339 g/mol. The van der Waals surface area contributed by atoms with Crippen LogP contribution in [0, 0.1) is 0 Å². The molecule has 1 fully saturated rings. The van der Waals surface area contributed by atoms with E-state index in [1.54, 1.807) is 0 Å². The zero-order valence-corrected chi connectivity index (χ0v) is 13.7. The van der Waals surface area contributed by atoms with Gasteiger partial charge in [-0.2, -0.15) is 0 Å². The first-order valence-electron chi connectivity index (χ1n) is 7.27. The van der Waals surface area contributed by atoms with Crippen molar-refractivity contribution in [2.75, 3.05) is 6.54 Å². The molecule has 1 aliphatic rings. The van der Waals surface area contributed by atoms with E-state index in [9.17, 15) is 9.90 Å². The van der Waals surface area contributed by atoms with Crippen LogP contribution in [0.3, 0.4) is 0 Å². The minimum Gasteiger partial charge on any atom is -0.480 e. The van der Waals surface area contributed by atoms with Gasteiger partial charge < -0.3 is 5.11 Å². The highest BCUT2D eigenvalue weighted by molar-refractivity contribution is 9.10. The Morgan fingerprint density at radius 2 is 2.10 bits per heavy atom. The summed E-state index contributed by atoms with van der Waals surface area (Å²) in [4.78, 5) is 14.0. The third kappa shape index (κ3) is 2.77. The topological polar surface area (TPSA) is 40.5 Å². The van der Waals surface area contributed by atoms with Crippen molar-refractivity contribution in [2.45, 2.75) is 51.1 Å². The van der Waals surface area contributed by atoms with Crippen molar-refractivity contribution in [1.29, 1.82) is 0 Å². The lowest BCUT2D eigenvalue weighted by Crippen LogP contribution is -2.51. The molecule has 1 aliphatic heterocycles. The average Bonchev–Trinajstić information content (AvgIpc) is 2.84. The maximum Gasteiger partial charge on any atom is 0.324 e. The second-order valence-corrected chi connectivity index (χ2v) is 6.53. The second-order valence-electron chi connectivity index (χ2n) is 5.61. The van der Waals surface area contributed by atoms with Crippen molar-refractivity contribution in [3.8, 4) is 0 Å². The van der Waals surface area contributed by atoms with E-state index < -0.39 is 11.5 Å². The Kier molecular flexibility index (Phi) is 4.86. The van der Waals surface area contributed by atoms with Gasteiger partial charge in [0, 0.05) is 10.5 Å². The smallest absolute Gasteiger partial charge is 0.324 e. The van der Waals surface area contributed by atoms with Crippen LogP contribution in [-0.2, 0) is 4.79 Å². The molecule has 2 rings (SSSR count). The number of likely N-dealkylation sites (tertiary alicyclic amines) is 1. The molecule has 0 bridgehead atoms. The van der Waals surface area contributed by atoms with Crippen LogP contribution in [-0.4, -0.2) is 28.1 Å². The van der Waals surface area contributed by atoms with Crippen LogP contribution in [0.15, 0.2) is 28.7 Å². The number of carboxylic acid groups (broad SMARTS) is 1. The van der Waals surface area contributed by atoms with E-state index >= 15 is 0 Å². The summed E-state index contributed by atoms with van der Waals surface area (Å²) in [6.45, 7) is 5.04. The van der Waals surface area contributed by atoms with Crippen LogP contribution in [0.2, 0.25) is 0 Å². The van der Waals surface area contributed by atoms with Crippen LogP contribution in [0.25, 0.3) is 0 Å². The van der Waals surface area contributed by atoms with Crippen LogP contribution < -0.4 is 0 Å². The van der Waals surface area contributed by atoms with Gasteiger partial charge in [0.25, 0.3) is 0 Å². The molecule has 0 aliphatic carbocycles. The van der Waals surface area contributed by atoms with Crippen molar-refractivity contribution < 1.29 is 9.90 Å². The van der Waals surface area contributed by atoms with Crippen molar-refractivity contribution in [3.05, 3.63) is 34.3 Å². The summed E-state index contributed by atoms with van der Waals surface area (Å²) in [5, 5.41) is 9.76. The summed E-state index contributed by atoms with van der Waals surface area (Å²) < 4.78 is 1.05. The highest BCUT2D eigenvalue weighted by Crippen LogP contribution is 2.40. The molecule has 0 aromatic heterocycles. The van der Waals surface area contributed by atoms with Gasteiger partial charge in [-0.05, 0) is 50.4 Å². The predicted molar refractivity (Wildman–Crippen MR) is 83.8 cm³/mol. The van der Waals surface area contributed by atoms with E-state index in [2.05, 4.69) is 46.8 Å². The summed E-state index contributed by atoms with van der Waals surface area (Å²) in [7, 11) is 0. The molecule has 3 nitrogen and oxygen atoms in total. The Labute approximate surface area is 129 Å².